The first kappa shape index (κ1) is 12.1. The summed E-state index contributed by atoms with van der Waals surface area (Å²) in [6.45, 7) is 1.93. The minimum absolute atomic E-state index is 0.0123. The van der Waals surface area contributed by atoms with Crippen LogP contribution >= 0.6 is 11.8 Å². The molecule has 18 heavy (non-hydrogen) atoms. The first-order chi connectivity index (χ1) is 8.58. The van der Waals surface area contributed by atoms with Gasteiger partial charge in [0.25, 0.3) is 0 Å². The van der Waals surface area contributed by atoms with E-state index in [2.05, 4.69) is 12.2 Å². The fraction of sp³-hybridized carbons (Fsp3) is 0.692. The first-order valence-electron chi connectivity index (χ1n) is 6.43. The van der Waals surface area contributed by atoms with E-state index in [1.54, 1.807) is 16.7 Å². The van der Waals surface area contributed by atoms with E-state index >= 15 is 0 Å². The highest BCUT2D eigenvalue weighted by atomic mass is 32.2. The smallest absolute Gasteiger partial charge is 0.327 e. The Balaban J connectivity index is 1.79. The average Bonchev–Trinajstić information content (AvgIpc) is 3.01. The molecule has 5 heteroatoms. The lowest BCUT2D eigenvalue weighted by Gasteiger charge is -2.30. The van der Waals surface area contributed by atoms with Gasteiger partial charge in [-0.1, -0.05) is 12.2 Å². The Bertz CT molecular complexity index is 422. The van der Waals surface area contributed by atoms with Gasteiger partial charge in [0, 0.05) is 11.7 Å². The summed E-state index contributed by atoms with van der Waals surface area (Å²) in [6, 6.07) is -0.638. The maximum Gasteiger partial charge on any atom is 0.327 e. The van der Waals surface area contributed by atoms with Gasteiger partial charge in [-0.25, -0.2) is 4.79 Å². The van der Waals surface area contributed by atoms with Crippen LogP contribution in [-0.2, 0) is 9.59 Å². The van der Waals surface area contributed by atoms with Gasteiger partial charge >= 0.3 is 5.97 Å². The van der Waals surface area contributed by atoms with E-state index in [9.17, 15) is 14.7 Å². The van der Waals surface area contributed by atoms with E-state index in [1.165, 1.54) is 0 Å². The predicted octanol–water partition coefficient (Wildman–Crippen LogP) is 1.57. The van der Waals surface area contributed by atoms with Crippen molar-refractivity contribution in [1.82, 2.24) is 4.90 Å². The normalized spacial score (nSPS) is 41.6. The van der Waals surface area contributed by atoms with E-state index in [1.807, 2.05) is 6.92 Å². The number of aliphatic carboxylic acids is 1. The molecule has 1 saturated heterocycles. The van der Waals surface area contributed by atoms with Crippen molar-refractivity contribution in [2.75, 3.05) is 5.75 Å². The van der Waals surface area contributed by atoms with Crippen LogP contribution in [-0.4, -0.2) is 39.1 Å². The monoisotopic (exact) mass is 267 g/mol. The fourth-order valence-corrected chi connectivity index (χ4v) is 4.60. The summed E-state index contributed by atoms with van der Waals surface area (Å²) in [5.74, 6) is 0.588. The highest BCUT2D eigenvalue weighted by Gasteiger charge is 2.47. The number of fused-ring (bicyclic) bond motifs is 2. The molecule has 5 atom stereocenters. The number of carbonyl (C=O) groups excluding carboxylic acids is 1. The van der Waals surface area contributed by atoms with Crippen LogP contribution in [0.2, 0.25) is 0 Å². The van der Waals surface area contributed by atoms with Gasteiger partial charge in [-0.3, -0.25) is 4.79 Å². The quantitative estimate of drug-likeness (QED) is 0.772. The van der Waals surface area contributed by atoms with E-state index in [0.717, 1.165) is 12.8 Å². The fourth-order valence-electron chi connectivity index (χ4n) is 3.42. The third-order valence-electron chi connectivity index (χ3n) is 4.36. The van der Waals surface area contributed by atoms with Gasteiger partial charge in [0.2, 0.25) is 5.91 Å². The van der Waals surface area contributed by atoms with Gasteiger partial charge in [-0.2, -0.15) is 0 Å². The van der Waals surface area contributed by atoms with Gasteiger partial charge in [0.15, 0.2) is 0 Å². The van der Waals surface area contributed by atoms with Crippen molar-refractivity contribution in [3.63, 3.8) is 0 Å². The molecule has 1 saturated carbocycles. The van der Waals surface area contributed by atoms with Crippen LogP contribution in [0.5, 0.6) is 0 Å². The van der Waals surface area contributed by atoms with Crippen LogP contribution in [0.3, 0.4) is 0 Å². The number of rotatable bonds is 2. The lowest BCUT2D eigenvalue weighted by atomic mass is 9.92. The van der Waals surface area contributed by atoms with Crippen molar-refractivity contribution in [3.8, 4) is 0 Å². The van der Waals surface area contributed by atoms with Crippen LogP contribution in [0, 0.1) is 17.8 Å². The van der Waals surface area contributed by atoms with Crippen molar-refractivity contribution in [3.05, 3.63) is 12.2 Å². The molecule has 0 aromatic heterocycles. The van der Waals surface area contributed by atoms with Crippen molar-refractivity contribution in [2.45, 2.75) is 31.2 Å². The number of carbonyl (C=O) groups is 2. The molecular formula is C13H17NO3S. The number of thioether (sulfide) groups is 1. The molecule has 2 bridgehead atoms. The minimum Gasteiger partial charge on any atom is -0.480 e. The molecule has 2 fully saturated rings. The Morgan fingerprint density at radius 3 is 2.67 bits per heavy atom. The molecular weight excluding hydrogens is 250 g/mol. The minimum atomic E-state index is -0.876. The number of carboxylic acid groups (broad SMARTS) is 1. The second-order valence-corrected chi connectivity index (χ2v) is 6.77. The maximum absolute atomic E-state index is 12.6. The molecule has 0 aromatic carbocycles. The topological polar surface area (TPSA) is 57.6 Å². The highest BCUT2D eigenvalue weighted by molar-refractivity contribution is 8.00. The molecule has 1 amide bonds. The second-order valence-electron chi connectivity index (χ2n) is 5.42. The number of allylic oxidation sites excluding steroid dienone is 2. The molecule has 1 N–H and O–H groups in total. The molecule has 0 radical (unpaired) electrons. The van der Waals surface area contributed by atoms with Gasteiger partial charge in [-0.15, -0.1) is 11.8 Å². The summed E-state index contributed by atoms with van der Waals surface area (Å²) in [5.41, 5.74) is 0. The molecule has 1 aliphatic heterocycles. The predicted molar refractivity (Wildman–Crippen MR) is 69.0 cm³/mol. The lowest BCUT2D eigenvalue weighted by molar-refractivity contribution is -0.151. The summed E-state index contributed by atoms with van der Waals surface area (Å²) < 4.78 is 0. The van der Waals surface area contributed by atoms with Gasteiger partial charge in [-0.05, 0) is 31.6 Å². The summed E-state index contributed by atoms with van der Waals surface area (Å²) in [6.07, 6.45) is 6.31. The molecule has 1 heterocycles. The third kappa shape index (κ3) is 1.76. The van der Waals surface area contributed by atoms with Crippen molar-refractivity contribution < 1.29 is 14.7 Å². The van der Waals surface area contributed by atoms with Crippen LogP contribution in [0.4, 0.5) is 0 Å². The number of nitrogens with zero attached hydrogens (tertiary/aromatic N) is 1. The van der Waals surface area contributed by atoms with Crippen LogP contribution < -0.4 is 0 Å². The highest BCUT2D eigenvalue weighted by Crippen LogP contribution is 2.45. The number of amides is 1. The first-order valence-corrected chi connectivity index (χ1v) is 7.47. The van der Waals surface area contributed by atoms with Crippen molar-refractivity contribution in [2.24, 2.45) is 17.8 Å². The number of hydrogen-bond donors (Lipinski definition) is 1. The molecule has 0 aromatic rings. The van der Waals surface area contributed by atoms with E-state index in [-0.39, 0.29) is 17.2 Å². The van der Waals surface area contributed by atoms with Crippen LogP contribution in [0.25, 0.3) is 0 Å². The zero-order chi connectivity index (χ0) is 12.9. The standard InChI is InChI=1S/C13H17NO3S/c1-7-14(11(6-18-7)13(16)17)12(15)10-5-8-2-3-9(10)4-8/h2-3,7-11H,4-6H2,1H3,(H,16,17). The SMILES string of the molecule is CC1SCC(C(=O)O)N1C(=O)C1CC2C=CC1C2. The molecule has 4 nitrogen and oxygen atoms in total. The Hall–Kier alpha value is -0.970. The number of carboxylic acids is 1. The molecule has 2 aliphatic carbocycles. The molecule has 3 rings (SSSR count). The van der Waals surface area contributed by atoms with Gasteiger partial charge in [0.05, 0.1) is 5.37 Å². The van der Waals surface area contributed by atoms with Gasteiger partial charge < -0.3 is 10.0 Å². The summed E-state index contributed by atoms with van der Waals surface area (Å²) in [5, 5.41) is 9.19. The Kier molecular flexibility index (Phi) is 2.88. The van der Waals surface area contributed by atoms with E-state index < -0.39 is 12.0 Å². The van der Waals surface area contributed by atoms with Crippen LogP contribution in [0.1, 0.15) is 19.8 Å². The molecule has 98 valence electrons. The Labute approximate surface area is 110 Å². The second kappa shape index (κ2) is 4.30. The third-order valence-corrected chi connectivity index (χ3v) is 5.58. The van der Waals surface area contributed by atoms with E-state index in [0.29, 0.717) is 17.6 Å². The van der Waals surface area contributed by atoms with E-state index in [4.69, 9.17) is 0 Å². The lowest BCUT2D eigenvalue weighted by Crippen LogP contribution is -2.48. The molecule has 5 unspecified atom stereocenters. The Morgan fingerprint density at radius 1 is 1.33 bits per heavy atom. The van der Waals surface area contributed by atoms with Crippen molar-refractivity contribution in [1.29, 1.82) is 0 Å². The summed E-state index contributed by atoms with van der Waals surface area (Å²) in [7, 11) is 0. The van der Waals surface area contributed by atoms with Crippen LogP contribution in [0.15, 0.2) is 12.2 Å². The largest absolute Gasteiger partial charge is 0.480 e. The van der Waals surface area contributed by atoms with Crippen molar-refractivity contribution >= 4 is 23.6 Å². The zero-order valence-corrected chi connectivity index (χ0v) is 11.1. The molecule has 0 spiro atoms. The van der Waals surface area contributed by atoms with Gasteiger partial charge in [0.1, 0.15) is 6.04 Å². The maximum atomic E-state index is 12.6. The molecule has 3 aliphatic rings. The zero-order valence-electron chi connectivity index (χ0n) is 10.3. The Morgan fingerprint density at radius 2 is 2.11 bits per heavy atom. The summed E-state index contributed by atoms with van der Waals surface area (Å²) >= 11 is 1.56. The average molecular weight is 267 g/mol. The summed E-state index contributed by atoms with van der Waals surface area (Å²) in [4.78, 5) is 25.4. The number of hydrogen-bond acceptors (Lipinski definition) is 3.